The molecule has 8 rings (SSSR count). The number of hydrogen-bond donors (Lipinski definition) is 0. The van der Waals surface area contributed by atoms with Crippen molar-refractivity contribution in [3.63, 3.8) is 0 Å². The molecule has 0 bridgehead atoms. The Morgan fingerprint density at radius 2 is 0.804 bits per heavy atom. The average molecular weight is 590 g/mol. The molecule has 2 aromatic heterocycles. The van der Waals surface area contributed by atoms with Crippen LogP contribution < -0.4 is 0 Å². The van der Waals surface area contributed by atoms with Crippen molar-refractivity contribution in [2.45, 2.75) is 0 Å². The highest BCUT2D eigenvalue weighted by Gasteiger charge is 2.16. The van der Waals surface area contributed by atoms with Crippen LogP contribution in [0.15, 0.2) is 164 Å². The number of rotatable bonds is 6. The molecule has 0 N–H and O–H groups in total. The van der Waals surface area contributed by atoms with E-state index in [4.69, 9.17) is 15.0 Å². The van der Waals surface area contributed by atoms with Gasteiger partial charge in [-0.05, 0) is 63.4 Å². The maximum absolute atomic E-state index is 5.05. The summed E-state index contributed by atoms with van der Waals surface area (Å²) >= 11 is 0. The van der Waals surface area contributed by atoms with Crippen LogP contribution >= 0.6 is 0 Å². The Labute approximate surface area is 267 Å². The van der Waals surface area contributed by atoms with Gasteiger partial charge in [-0.15, -0.1) is 0 Å². The zero-order valence-corrected chi connectivity index (χ0v) is 24.8. The fourth-order valence-corrected chi connectivity index (χ4v) is 5.78. The Hall–Kier alpha value is -6.33. The number of hydrogen-bond acceptors (Lipinski definition) is 5. The van der Waals surface area contributed by atoms with Gasteiger partial charge >= 0.3 is 0 Å². The zero-order chi connectivity index (χ0) is 30.7. The Morgan fingerprint density at radius 3 is 1.52 bits per heavy atom. The standard InChI is InChI=1S/C41H27N5/c1-3-13-29(14-4-1)39-44-40(30-15-5-2-6-16-30)46-41(45-39)35-26-33(31-18-9-19-32(24-31)38-42-22-11-23-43-38)25-34(27-35)37-21-10-17-28-12-7-8-20-36(28)37/h1-27H. The van der Waals surface area contributed by atoms with Crippen LogP contribution in [0.2, 0.25) is 0 Å². The lowest BCUT2D eigenvalue weighted by molar-refractivity contribution is 1.07. The van der Waals surface area contributed by atoms with Crippen LogP contribution in [0.3, 0.4) is 0 Å². The summed E-state index contributed by atoms with van der Waals surface area (Å²) < 4.78 is 0. The third kappa shape index (κ3) is 5.42. The van der Waals surface area contributed by atoms with Crippen LogP contribution in [-0.4, -0.2) is 24.9 Å². The zero-order valence-electron chi connectivity index (χ0n) is 24.8. The molecule has 6 aromatic carbocycles. The lowest BCUT2D eigenvalue weighted by atomic mass is 9.92. The molecule has 5 nitrogen and oxygen atoms in total. The molecule has 0 saturated heterocycles. The summed E-state index contributed by atoms with van der Waals surface area (Å²) in [6, 6.07) is 51.8. The second kappa shape index (κ2) is 12.0. The van der Waals surface area contributed by atoms with Crippen molar-refractivity contribution < 1.29 is 0 Å². The van der Waals surface area contributed by atoms with E-state index >= 15 is 0 Å². The molecule has 46 heavy (non-hydrogen) atoms. The van der Waals surface area contributed by atoms with E-state index in [1.54, 1.807) is 12.4 Å². The van der Waals surface area contributed by atoms with Crippen molar-refractivity contribution in [3.05, 3.63) is 164 Å². The van der Waals surface area contributed by atoms with E-state index in [-0.39, 0.29) is 0 Å². The molecule has 0 aliphatic rings. The van der Waals surface area contributed by atoms with E-state index in [1.165, 1.54) is 10.8 Å². The first kappa shape index (κ1) is 27.2. The quantitative estimate of drug-likeness (QED) is 0.193. The first-order valence-corrected chi connectivity index (χ1v) is 15.2. The molecule has 0 amide bonds. The predicted molar refractivity (Wildman–Crippen MR) is 186 cm³/mol. The van der Waals surface area contributed by atoms with Crippen LogP contribution in [0.5, 0.6) is 0 Å². The smallest absolute Gasteiger partial charge is 0.164 e. The van der Waals surface area contributed by atoms with Crippen molar-refractivity contribution in [1.29, 1.82) is 0 Å². The molecule has 0 aliphatic carbocycles. The number of aromatic nitrogens is 5. The summed E-state index contributed by atoms with van der Waals surface area (Å²) in [4.78, 5) is 24.0. The van der Waals surface area contributed by atoms with Gasteiger partial charge in [-0.1, -0.05) is 121 Å². The monoisotopic (exact) mass is 589 g/mol. The Balaban J connectivity index is 1.37. The van der Waals surface area contributed by atoms with Crippen LogP contribution in [0.4, 0.5) is 0 Å². The van der Waals surface area contributed by atoms with Gasteiger partial charge in [-0.25, -0.2) is 24.9 Å². The van der Waals surface area contributed by atoms with Gasteiger partial charge in [0.25, 0.3) is 0 Å². The summed E-state index contributed by atoms with van der Waals surface area (Å²) in [7, 11) is 0. The van der Waals surface area contributed by atoms with E-state index in [2.05, 4.69) is 88.8 Å². The van der Waals surface area contributed by atoms with E-state index in [0.29, 0.717) is 23.3 Å². The van der Waals surface area contributed by atoms with Gasteiger partial charge in [-0.3, -0.25) is 0 Å². The first-order valence-electron chi connectivity index (χ1n) is 15.2. The first-order chi connectivity index (χ1) is 22.8. The lowest BCUT2D eigenvalue weighted by Gasteiger charge is -2.14. The van der Waals surface area contributed by atoms with Crippen LogP contribution in [0.1, 0.15) is 0 Å². The molecule has 5 heteroatoms. The molecule has 0 fully saturated rings. The average Bonchev–Trinajstić information content (AvgIpc) is 3.15. The van der Waals surface area contributed by atoms with E-state index < -0.39 is 0 Å². The minimum Gasteiger partial charge on any atom is -0.237 e. The van der Waals surface area contributed by atoms with Gasteiger partial charge in [0.15, 0.2) is 23.3 Å². The normalized spacial score (nSPS) is 11.0. The summed E-state index contributed by atoms with van der Waals surface area (Å²) in [6.07, 6.45) is 3.54. The largest absolute Gasteiger partial charge is 0.237 e. The van der Waals surface area contributed by atoms with Gasteiger partial charge < -0.3 is 0 Å². The van der Waals surface area contributed by atoms with Crippen molar-refractivity contribution in [2.75, 3.05) is 0 Å². The molecule has 0 saturated carbocycles. The van der Waals surface area contributed by atoms with Crippen LogP contribution in [0.25, 0.3) is 78.6 Å². The second-order valence-electron chi connectivity index (χ2n) is 11.0. The van der Waals surface area contributed by atoms with Gasteiger partial charge in [0, 0.05) is 34.6 Å². The SMILES string of the molecule is c1ccc(-c2nc(-c3ccccc3)nc(-c3cc(-c4cccc(-c5ncccn5)c4)cc(-c4cccc5ccccc45)c3)n2)cc1. The third-order valence-electron chi connectivity index (χ3n) is 8.01. The van der Waals surface area contributed by atoms with Gasteiger partial charge in [0.2, 0.25) is 0 Å². The lowest BCUT2D eigenvalue weighted by Crippen LogP contribution is -2.00. The number of nitrogens with zero attached hydrogens (tertiary/aromatic N) is 5. The molecule has 0 unspecified atom stereocenters. The molecule has 216 valence electrons. The van der Waals surface area contributed by atoms with Crippen LogP contribution in [-0.2, 0) is 0 Å². The maximum atomic E-state index is 5.05. The fourth-order valence-electron chi connectivity index (χ4n) is 5.78. The Morgan fingerprint density at radius 1 is 0.304 bits per heavy atom. The maximum Gasteiger partial charge on any atom is 0.164 e. The van der Waals surface area contributed by atoms with Crippen LogP contribution in [0, 0.1) is 0 Å². The van der Waals surface area contributed by atoms with Crippen molar-refractivity contribution in [1.82, 2.24) is 24.9 Å². The molecule has 0 aliphatic heterocycles. The molecular weight excluding hydrogens is 562 g/mol. The highest BCUT2D eigenvalue weighted by Crippen LogP contribution is 2.36. The summed E-state index contributed by atoms with van der Waals surface area (Å²) in [5.41, 5.74) is 8.04. The summed E-state index contributed by atoms with van der Waals surface area (Å²) in [6.45, 7) is 0. The molecule has 0 spiro atoms. The van der Waals surface area contributed by atoms with E-state index in [1.807, 2.05) is 72.8 Å². The van der Waals surface area contributed by atoms with E-state index in [0.717, 1.165) is 44.5 Å². The van der Waals surface area contributed by atoms with Gasteiger partial charge in [0.05, 0.1) is 0 Å². The predicted octanol–water partition coefficient (Wildman–Crippen LogP) is 9.82. The molecule has 0 atom stereocenters. The van der Waals surface area contributed by atoms with E-state index in [9.17, 15) is 0 Å². The highest BCUT2D eigenvalue weighted by atomic mass is 15.0. The summed E-state index contributed by atoms with van der Waals surface area (Å²) in [5.74, 6) is 2.56. The topological polar surface area (TPSA) is 64.5 Å². The van der Waals surface area contributed by atoms with Crippen molar-refractivity contribution in [2.24, 2.45) is 0 Å². The molecular formula is C41H27N5. The van der Waals surface area contributed by atoms with Gasteiger partial charge in [-0.2, -0.15) is 0 Å². The minimum absolute atomic E-state index is 0.610. The van der Waals surface area contributed by atoms with Crippen molar-refractivity contribution in [3.8, 4) is 67.8 Å². The Kier molecular flexibility index (Phi) is 7.09. The Bertz CT molecular complexity index is 2240. The number of fused-ring (bicyclic) bond motifs is 1. The second-order valence-corrected chi connectivity index (χ2v) is 11.0. The minimum atomic E-state index is 0.610. The summed E-state index contributed by atoms with van der Waals surface area (Å²) in [5, 5.41) is 2.37. The molecule has 0 radical (unpaired) electrons. The molecule has 2 heterocycles. The van der Waals surface area contributed by atoms with Gasteiger partial charge in [0.1, 0.15) is 0 Å². The third-order valence-corrected chi connectivity index (χ3v) is 8.01. The number of benzene rings is 6. The highest BCUT2D eigenvalue weighted by molar-refractivity contribution is 5.98. The fraction of sp³-hybridized carbons (Fsp3) is 0. The van der Waals surface area contributed by atoms with Crippen molar-refractivity contribution >= 4 is 10.8 Å². The molecule has 8 aromatic rings.